The van der Waals surface area contributed by atoms with E-state index >= 15 is 0 Å². The van der Waals surface area contributed by atoms with Gasteiger partial charge in [-0.25, -0.2) is 0 Å². The molecular weight excluding hydrogens is 396 g/mol. The first-order valence-electron chi connectivity index (χ1n) is 8.19. The predicted molar refractivity (Wildman–Crippen MR) is 114 cm³/mol. The van der Waals surface area contributed by atoms with Crippen molar-refractivity contribution >= 4 is 35.3 Å². The first-order valence-corrected chi connectivity index (χ1v) is 8.19. The molecule has 0 saturated carbocycles. The van der Waals surface area contributed by atoms with Crippen LogP contribution in [0.25, 0.3) is 11.1 Å². The summed E-state index contributed by atoms with van der Waals surface area (Å²) < 4.78 is 0. The van der Waals surface area contributed by atoms with E-state index in [0.29, 0.717) is 11.4 Å². The van der Waals surface area contributed by atoms with Crippen molar-refractivity contribution in [1.29, 1.82) is 0 Å². The number of anilines is 2. The minimum atomic E-state index is -0.833. The largest absolute Gasteiger partial charge is 0.481 e. The molecule has 2 aromatic rings. The Bertz CT molecular complexity index is 729. The highest BCUT2D eigenvalue weighted by Crippen LogP contribution is 2.29. The van der Waals surface area contributed by atoms with Crippen molar-refractivity contribution in [3.05, 3.63) is 48.5 Å². The van der Waals surface area contributed by atoms with Gasteiger partial charge in [-0.1, -0.05) is 42.5 Å². The van der Waals surface area contributed by atoms with Crippen molar-refractivity contribution < 1.29 is 39.6 Å². The van der Waals surface area contributed by atoms with Crippen LogP contribution in [0.1, 0.15) is 27.7 Å². The van der Waals surface area contributed by atoms with Crippen molar-refractivity contribution in [3.63, 3.8) is 0 Å². The van der Waals surface area contributed by atoms with Gasteiger partial charge in [0.05, 0.1) is 11.4 Å². The number of nitrogens with two attached hydrogens (primary N) is 2. The average molecular weight is 424 g/mol. The van der Waals surface area contributed by atoms with Crippen LogP contribution in [0, 0.1) is 0 Å². The summed E-state index contributed by atoms with van der Waals surface area (Å²) in [6.07, 6.45) is 0. The van der Waals surface area contributed by atoms with Gasteiger partial charge in [0.1, 0.15) is 0 Å². The molecule has 0 unspecified atom stereocenters. The third kappa shape index (κ3) is 26.2. The predicted octanol–water partition coefficient (Wildman–Crippen LogP) is 2.88. The zero-order chi connectivity index (χ0) is 24.3. The Morgan fingerprint density at radius 2 is 0.933 bits per heavy atom. The Balaban J connectivity index is -0.000000378. The highest BCUT2D eigenvalue weighted by molar-refractivity contribution is 5.84. The lowest BCUT2D eigenvalue weighted by Crippen LogP contribution is -1.96. The Kier molecular flexibility index (Phi) is 18.7. The Morgan fingerprint density at radius 3 is 1.27 bits per heavy atom. The highest BCUT2D eigenvalue weighted by atomic mass is 16.4. The number of nitrogen functional groups attached to an aromatic ring is 2. The van der Waals surface area contributed by atoms with E-state index in [0.717, 1.165) is 38.8 Å². The number of carboxylic acid groups (broad SMARTS) is 4. The molecular formula is C20H28N2O8. The summed E-state index contributed by atoms with van der Waals surface area (Å²) in [4.78, 5) is 36.0. The quantitative estimate of drug-likeness (QED) is 0.369. The Morgan fingerprint density at radius 1 is 0.600 bits per heavy atom. The molecule has 0 amide bonds. The van der Waals surface area contributed by atoms with Gasteiger partial charge in [0, 0.05) is 33.3 Å². The second kappa shape index (κ2) is 18.3. The summed E-state index contributed by atoms with van der Waals surface area (Å²) in [5.41, 5.74) is 15.0. The molecule has 0 saturated heterocycles. The van der Waals surface area contributed by atoms with Crippen LogP contribution >= 0.6 is 0 Å². The third-order valence-electron chi connectivity index (χ3n) is 2.22. The Hall–Kier alpha value is -4.08. The number of para-hydroxylation sites is 1. The molecule has 2 aromatic carbocycles. The van der Waals surface area contributed by atoms with E-state index in [4.69, 9.17) is 51.1 Å². The van der Waals surface area contributed by atoms with Gasteiger partial charge in [0.2, 0.25) is 0 Å². The number of benzene rings is 2. The first-order chi connectivity index (χ1) is 13.7. The number of carbonyl (C=O) groups is 4. The van der Waals surface area contributed by atoms with E-state index < -0.39 is 23.9 Å². The fourth-order valence-electron chi connectivity index (χ4n) is 1.45. The molecule has 0 heterocycles. The average Bonchev–Trinajstić information content (AvgIpc) is 2.56. The van der Waals surface area contributed by atoms with Crippen molar-refractivity contribution in [2.45, 2.75) is 27.7 Å². The topological polar surface area (TPSA) is 201 Å². The second-order valence-corrected chi connectivity index (χ2v) is 5.25. The first kappa shape index (κ1) is 30.6. The van der Waals surface area contributed by atoms with Gasteiger partial charge in [-0.05, 0) is 11.6 Å². The van der Waals surface area contributed by atoms with Gasteiger partial charge in [0.15, 0.2) is 0 Å². The molecule has 0 aliphatic heterocycles. The third-order valence-corrected chi connectivity index (χ3v) is 2.22. The van der Waals surface area contributed by atoms with Crippen molar-refractivity contribution in [2.75, 3.05) is 11.5 Å². The van der Waals surface area contributed by atoms with E-state index in [-0.39, 0.29) is 0 Å². The lowest BCUT2D eigenvalue weighted by Gasteiger charge is -2.07. The fraction of sp³-hybridized carbons (Fsp3) is 0.200. The van der Waals surface area contributed by atoms with E-state index in [9.17, 15) is 0 Å². The highest BCUT2D eigenvalue weighted by Gasteiger charge is 2.03. The van der Waals surface area contributed by atoms with Crippen molar-refractivity contribution in [2.24, 2.45) is 0 Å². The van der Waals surface area contributed by atoms with Gasteiger partial charge in [0.25, 0.3) is 23.9 Å². The summed E-state index contributed by atoms with van der Waals surface area (Å²) in [6, 6.07) is 15.7. The molecule has 0 bridgehead atoms. The van der Waals surface area contributed by atoms with Crippen LogP contribution in [-0.2, 0) is 19.2 Å². The monoisotopic (exact) mass is 424 g/mol. The van der Waals surface area contributed by atoms with Crippen molar-refractivity contribution in [3.8, 4) is 11.1 Å². The van der Waals surface area contributed by atoms with Gasteiger partial charge >= 0.3 is 0 Å². The zero-order valence-electron chi connectivity index (χ0n) is 17.2. The van der Waals surface area contributed by atoms with Crippen LogP contribution < -0.4 is 11.5 Å². The van der Waals surface area contributed by atoms with E-state index in [1.807, 2.05) is 48.5 Å². The number of aliphatic carboxylic acids is 4. The molecule has 10 heteroatoms. The molecule has 0 aliphatic carbocycles. The summed E-state index contributed by atoms with van der Waals surface area (Å²) in [6.45, 7) is 4.33. The van der Waals surface area contributed by atoms with Gasteiger partial charge in [-0.15, -0.1) is 0 Å². The lowest BCUT2D eigenvalue weighted by atomic mass is 10.0. The molecule has 0 radical (unpaired) electrons. The number of carboxylic acids is 4. The number of rotatable bonds is 1. The maximum atomic E-state index is 9.00. The van der Waals surface area contributed by atoms with Crippen LogP contribution in [0.2, 0.25) is 0 Å². The molecule has 8 N–H and O–H groups in total. The lowest BCUT2D eigenvalue weighted by molar-refractivity contribution is -0.135. The molecule has 0 aromatic heterocycles. The van der Waals surface area contributed by atoms with Gasteiger partial charge in [-0.2, -0.15) is 0 Å². The van der Waals surface area contributed by atoms with Gasteiger partial charge in [-0.3, -0.25) is 19.2 Å². The van der Waals surface area contributed by atoms with Crippen molar-refractivity contribution in [1.82, 2.24) is 0 Å². The fourth-order valence-corrected chi connectivity index (χ4v) is 1.45. The molecule has 0 spiro atoms. The van der Waals surface area contributed by atoms with Crippen LogP contribution in [-0.4, -0.2) is 44.3 Å². The molecule has 0 aliphatic rings. The summed E-state index contributed by atoms with van der Waals surface area (Å²) in [5, 5.41) is 29.7. The molecule has 166 valence electrons. The van der Waals surface area contributed by atoms with E-state index in [2.05, 4.69) is 0 Å². The number of hydrogen-bond donors (Lipinski definition) is 6. The maximum absolute atomic E-state index is 9.00. The SMILES string of the molecule is CC(=O)O.CC(=O)O.CC(=O)O.CC(=O)O.Nc1cccc(-c2ccccc2)c1N. The minimum Gasteiger partial charge on any atom is -0.481 e. The zero-order valence-corrected chi connectivity index (χ0v) is 17.2. The maximum Gasteiger partial charge on any atom is 0.300 e. The smallest absolute Gasteiger partial charge is 0.300 e. The normalized spacial score (nSPS) is 8.00. The minimum absolute atomic E-state index is 0.631. The summed E-state index contributed by atoms with van der Waals surface area (Å²) in [5.74, 6) is -3.33. The van der Waals surface area contributed by atoms with Gasteiger partial charge < -0.3 is 31.9 Å². The molecule has 0 atom stereocenters. The van der Waals surface area contributed by atoms with E-state index in [1.165, 1.54) is 0 Å². The molecule has 0 fully saturated rings. The van der Waals surface area contributed by atoms with Crippen LogP contribution in [0.5, 0.6) is 0 Å². The summed E-state index contributed by atoms with van der Waals surface area (Å²) in [7, 11) is 0. The van der Waals surface area contributed by atoms with E-state index in [1.54, 1.807) is 0 Å². The molecule has 2 rings (SSSR count). The molecule has 10 nitrogen and oxygen atoms in total. The second-order valence-electron chi connectivity index (χ2n) is 5.25. The number of hydrogen-bond acceptors (Lipinski definition) is 6. The molecule has 30 heavy (non-hydrogen) atoms. The van der Waals surface area contributed by atoms with Crippen LogP contribution in [0.4, 0.5) is 11.4 Å². The Labute approximate surface area is 174 Å². The summed E-state index contributed by atoms with van der Waals surface area (Å²) >= 11 is 0. The standard InChI is InChI=1S/C12H12N2.4C2H4O2/c13-11-8-4-7-10(12(11)14)9-5-2-1-3-6-9;4*1-2(3)4/h1-8H,13-14H2;4*1H3,(H,3,4). The van der Waals surface area contributed by atoms with Crippen LogP contribution in [0.15, 0.2) is 48.5 Å². The van der Waals surface area contributed by atoms with Crippen LogP contribution in [0.3, 0.4) is 0 Å².